The van der Waals surface area contributed by atoms with E-state index in [0.29, 0.717) is 73.5 Å². The maximum atomic E-state index is 13.9. The second kappa shape index (κ2) is 23.7. The number of rotatable bonds is 18. The van der Waals surface area contributed by atoms with Crippen LogP contribution in [0.5, 0.6) is 0 Å². The Bertz CT molecular complexity index is 1630. The monoisotopic (exact) mass is 982 g/mol. The van der Waals surface area contributed by atoms with Gasteiger partial charge in [-0.05, 0) is 47.3 Å². The minimum atomic E-state index is -0.561. The van der Waals surface area contributed by atoms with Gasteiger partial charge >= 0.3 is 0 Å². The molecule has 0 spiro atoms. The Hall–Kier alpha value is -3.95. The molecule has 7 rings (SSSR count). The van der Waals surface area contributed by atoms with Gasteiger partial charge in [0.25, 0.3) is 0 Å². The van der Waals surface area contributed by atoms with Crippen molar-refractivity contribution in [3.8, 4) is 0 Å². The van der Waals surface area contributed by atoms with Crippen LogP contribution >= 0.6 is 0 Å². The molecule has 0 aromatic heterocycles. The van der Waals surface area contributed by atoms with E-state index in [1.54, 1.807) is 4.90 Å². The highest BCUT2D eigenvalue weighted by atomic mass is 16.2. The first-order chi connectivity index (χ1) is 33.1. The third kappa shape index (κ3) is 14.6. The fourth-order valence-electron chi connectivity index (χ4n) is 12.2. The van der Waals surface area contributed by atoms with Gasteiger partial charge in [0, 0.05) is 98.6 Å². The van der Waals surface area contributed by atoms with Crippen molar-refractivity contribution in [3.05, 3.63) is 0 Å². The average Bonchev–Trinajstić information content (AvgIpc) is 4.13. The highest BCUT2D eigenvalue weighted by Crippen LogP contribution is 2.25. The van der Waals surface area contributed by atoms with E-state index in [-0.39, 0.29) is 93.7 Å². The van der Waals surface area contributed by atoms with E-state index in [9.17, 15) is 33.6 Å². The molecule has 0 unspecified atom stereocenters. The first kappa shape index (κ1) is 53.8. The van der Waals surface area contributed by atoms with Crippen molar-refractivity contribution in [3.63, 3.8) is 0 Å². The molecule has 0 saturated carbocycles. The van der Waals surface area contributed by atoms with Gasteiger partial charge in [-0.15, -0.1) is 0 Å². The van der Waals surface area contributed by atoms with Crippen LogP contribution in [0.15, 0.2) is 0 Å². The molecular weight excluding hydrogens is 895 g/mol. The number of hydrogen-bond donors (Lipinski definition) is 6. The zero-order chi connectivity index (χ0) is 50.6. The molecule has 0 aliphatic carbocycles. The van der Waals surface area contributed by atoms with Crippen molar-refractivity contribution < 1.29 is 33.6 Å². The van der Waals surface area contributed by atoms with Gasteiger partial charge < -0.3 is 36.8 Å². The van der Waals surface area contributed by atoms with Crippen LogP contribution in [0.4, 0.5) is 0 Å². The minimum Gasteiger partial charge on any atom is -0.349 e. The van der Waals surface area contributed by atoms with Crippen molar-refractivity contribution in [1.82, 2.24) is 66.2 Å². The fourth-order valence-corrected chi connectivity index (χ4v) is 12.2. The molecule has 20 nitrogen and oxygen atoms in total. The zero-order valence-corrected chi connectivity index (χ0v) is 43.7. The summed E-state index contributed by atoms with van der Waals surface area (Å²) in [6.45, 7) is 29.0. The van der Waals surface area contributed by atoms with E-state index in [0.717, 1.165) is 52.4 Å². The lowest BCUT2D eigenvalue weighted by molar-refractivity contribution is -0.128. The third-order valence-electron chi connectivity index (χ3n) is 17.1. The molecule has 0 aromatic carbocycles. The average molecular weight is 982 g/mol. The first-order valence-electron chi connectivity index (χ1n) is 26.5. The van der Waals surface area contributed by atoms with Gasteiger partial charge in [0.05, 0.1) is 75.5 Å². The van der Waals surface area contributed by atoms with Gasteiger partial charge in [0.1, 0.15) is 0 Å². The summed E-state index contributed by atoms with van der Waals surface area (Å²) in [6, 6.07) is -2.71. The van der Waals surface area contributed by atoms with Gasteiger partial charge in [-0.2, -0.15) is 0 Å². The first-order valence-corrected chi connectivity index (χ1v) is 26.5. The van der Waals surface area contributed by atoms with E-state index in [4.69, 9.17) is 0 Å². The molecule has 20 heteroatoms. The molecular formula is C50H87N13O7. The number of hydrogen-bond acceptors (Lipinski definition) is 13. The van der Waals surface area contributed by atoms with E-state index >= 15 is 0 Å². The van der Waals surface area contributed by atoms with Crippen LogP contribution in [0.3, 0.4) is 0 Å². The van der Waals surface area contributed by atoms with Gasteiger partial charge in [0.2, 0.25) is 41.4 Å². The molecule has 7 aliphatic heterocycles. The Morgan fingerprint density at radius 2 is 0.443 bits per heavy atom. The molecule has 6 N–H and O–H groups in total. The van der Waals surface area contributed by atoms with Crippen molar-refractivity contribution in [1.29, 1.82) is 0 Å². The van der Waals surface area contributed by atoms with Crippen LogP contribution in [0, 0.1) is 47.3 Å². The molecule has 394 valence electrons. The standard InChI is InChI=1S/C50H87N13O7/c1-30-10-57(11-31(30)2)24-45(65)51-39-18-61(19-40(39)52-46(66)25-58-12-32(3)33(4)13-58)28-49(69)55-43-22-63(38(9)64)23-44(43)56-50(70)29-62-20-41(53-47(67)26-59-14-34(5)35(6)15-59)42(21-62)54-48(68)27-60-16-36(7)37(8)17-60/h30-37,39-44H,10-29H2,1-9H3,(H,51,65)(H,52,66)(H,53,67)(H,54,68)(H,55,69)(H,56,70)/t30-,31-,32-,33-,34-,35-,36-,37-,39-,40-,41-,42-,43-,44-/m0/s1. The van der Waals surface area contributed by atoms with Gasteiger partial charge in [-0.1, -0.05) is 55.4 Å². The zero-order valence-electron chi connectivity index (χ0n) is 43.7. The van der Waals surface area contributed by atoms with Crippen LogP contribution in [-0.2, 0) is 33.6 Å². The van der Waals surface area contributed by atoms with Crippen LogP contribution in [0.25, 0.3) is 0 Å². The van der Waals surface area contributed by atoms with Crippen LogP contribution < -0.4 is 31.9 Å². The maximum Gasteiger partial charge on any atom is 0.234 e. The molecule has 14 atom stereocenters. The van der Waals surface area contributed by atoms with Gasteiger partial charge in [-0.3, -0.25) is 63.0 Å². The topological polar surface area (TPSA) is 214 Å². The number of nitrogens with zero attached hydrogens (tertiary/aromatic N) is 7. The molecule has 7 heterocycles. The second-order valence-electron chi connectivity index (χ2n) is 23.5. The van der Waals surface area contributed by atoms with E-state index in [1.165, 1.54) is 6.92 Å². The summed E-state index contributed by atoms with van der Waals surface area (Å²) in [5.41, 5.74) is 0. The highest BCUT2D eigenvalue weighted by molar-refractivity contribution is 5.83. The minimum absolute atomic E-state index is 0.00208. The predicted molar refractivity (Wildman–Crippen MR) is 266 cm³/mol. The van der Waals surface area contributed by atoms with Crippen molar-refractivity contribution in [2.45, 2.75) is 98.6 Å². The number of carbonyl (C=O) groups is 7. The number of amides is 7. The van der Waals surface area contributed by atoms with Crippen LogP contribution in [0.1, 0.15) is 62.3 Å². The Labute approximate surface area is 416 Å². The summed E-state index contributed by atoms with van der Waals surface area (Å²) in [7, 11) is 0. The number of nitrogens with one attached hydrogen (secondary N) is 6. The maximum absolute atomic E-state index is 13.9. The second-order valence-corrected chi connectivity index (χ2v) is 23.5. The fraction of sp³-hybridized carbons (Fsp3) is 0.860. The Morgan fingerprint density at radius 1 is 0.286 bits per heavy atom. The van der Waals surface area contributed by atoms with Crippen molar-refractivity contribution in [2.24, 2.45) is 47.3 Å². The quantitative estimate of drug-likeness (QED) is 0.0858. The lowest BCUT2D eigenvalue weighted by Crippen LogP contribution is -2.54. The summed E-state index contributed by atoms with van der Waals surface area (Å²) in [5, 5.41) is 18.9. The molecule has 0 bridgehead atoms. The summed E-state index contributed by atoms with van der Waals surface area (Å²) >= 11 is 0. The highest BCUT2D eigenvalue weighted by Gasteiger charge is 2.42. The van der Waals surface area contributed by atoms with Gasteiger partial charge in [-0.25, -0.2) is 0 Å². The number of likely N-dealkylation sites (tertiary alicyclic amines) is 7. The summed E-state index contributed by atoms with van der Waals surface area (Å²) in [4.78, 5) is 108. The van der Waals surface area contributed by atoms with Crippen LogP contribution in [-0.4, -0.2) is 243 Å². The van der Waals surface area contributed by atoms with Crippen molar-refractivity contribution in [2.75, 3.05) is 131 Å². The van der Waals surface area contributed by atoms with Gasteiger partial charge in [0.15, 0.2) is 0 Å². The molecule has 7 fully saturated rings. The Morgan fingerprint density at radius 3 is 0.614 bits per heavy atom. The SMILES string of the molecule is CC(=O)N1C[C@H](NC(=O)CN2C[C@H](NC(=O)CN3C[C@H](C)[C@@H](C)C3)[C@@H](NC(=O)CN3C[C@H](C)[C@@H](C)C3)C2)[C@@H](NC(=O)CN2C[C@H](NC(=O)CN3C[C@H](C)[C@@H](C)C3)[C@@H](NC(=O)CN3C[C@H](C)[C@@H](C)C3)C2)C1. The van der Waals surface area contributed by atoms with E-state index in [1.807, 2.05) is 9.80 Å². The molecule has 7 aliphatic rings. The molecule has 70 heavy (non-hydrogen) atoms. The summed E-state index contributed by atoms with van der Waals surface area (Å²) in [6.07, 6.45) is 0. The summed E-state index contributed by atoms with van der Waals surface area (Å²) < 4.78 is 0. The summed E-state index contributed by atoms with van der Waals surface area (Å²) in [5.74, 6) is 2.89. The lowest BCUT2D eigenvalue weighted by atomic mass is 10.0. The molecule has 0 radical (unpaired) electrons. The van der Waals surface area contributed by atoms with E-state index in [2.05, 4.69) is 107 Å². The predicted octanol–water partition coefficient (Wildman–Crippen LogP) is -2.26. The largest absolute Gasteiger partial charge is 0.349 e. The van der Waals surface area contributed by atoms with Crippen molar-refractivity contribution >= 4 is 41.4 Å². The smallest absolute Gasteiger partial charge is 0.234 e. The normalized spacial score (nSPS) is 35.6. The lowest BCUT2D eigenvalue weighted by Gasteiger charge is -2.24. The Balaban J connectivity index is 0.937. The molecule has 7 amide bonds. The third-order valence-corrected chi connectivity index (χ3v) is 17.1. The van der Waals surface area contributed by atoms with Crippen LogP contribution in [0.2, 0.25) is 0 Å². The Kier molecular flexibility index (Phi) is 18.3. The van der Waals surface area contributed by atoms with E-state index < -0.39 is 36.3 Å². The number of carbonyl (C=O) groups excluding carboxylic acids is 7. The molecule has 7 saturated heterocycles. The molecule has 0 aromatic rings.